The highest BCUT2D eigenvalue weighted by Gasteiger charge is 2.19. The van der Waals surface area contributed by atoms with Gasteiger partial charge in [-0.2, -0.15) is 0 Å². The van der Waals surface area contributed by atoms with E-state index >= 15 is 0 Å². The highest BCUT2D eigenvalue weighted by atomic mass is 79.9. The fourth-order valence-electron chi connectivity index (χ4n) is 1.93. The van der Waals surface area contributed by atoms with Crippen LogP contribution in [0.3, 0.4) is 0 Å². The minimum Gasteiger partial charge on any atom is -0.305 e. The zero-order valence-electron chi connectivity index (χ0n) is 10.6. The second-order valence-electron chi connectivity index (χ2n) is 4.19. The molecule has 0 saturated heterocycles. The van der Waals surface area contributed by atoms with Gasteiger partial charge in [0.2, 0.25) is 0 Å². The number of nitrogens with zero attached hydrogens (tertiary/aromatic N) is 3. The van der Waals surface area contributed by atoms with Crippen molar-refractivity contribution in [3.05, 3.63) is 46.2 Å². The molecular weight excluding hydrogens is 292 g/mol. The second kappa shape index (κ2) is 6.11. The van der Waals surface area contributed by atoms with Crippen LogP contribution in [0.5, 0.6) is 0 Å². The quantitative estimate of drug-likeness (QED) is 0.923. The zero-order valence-corrected chi connectivity index (χ0v) is 12.2. The van der Waals surface area contributed by atoms with Gasteiger partial charge in [0.05, 0.1) is 17.9 Å². The van der Waals surface area contributed by atoms with E-state index < -0.39 is 0 Å². The van der Waals surface area contributed by atoms with E-state index in [1.807, 2.05) is 30.1 Å². The number of aromatic nitrogens is 3. The molecule has 4 nitrogen and oxygen atoms in total. The molecule has 2 aromatic rings. The van der Waals surface area contributed by atoms with Gasteiger partial charge in [-0.1, -0.05) is 46.3 Å². The van der Waals surface area contributed by atoms with Crippen LogP contribution in [0.2, 0.25) is 0 Å². The third-order valence-corrected chi connectivity index (χ3v) is 3.58. The third kappa shape index (κ3) is 2.79. The van der Waals surface area contributed by atoms with Crippen LogP contribution < -0.4 is 5.32 Å². The molecule has 0 saturated carbocycles. The van der Waals surface area contributed by atoms with Gasteiger partial charge in [-0.25, -0.2) is 0 Å². The number of halogens is 1. The summed E-state index contributed by atoms with van der Waals surface area (Å²) < 4.78 is 2.91. The molecule has 2 rings (SSSR count). The Labute approximate surface area is 116 Å². The number of hydrogen-bond acceptors (Lipinski definition) is 3. The Hall–Kier alpha value is -1.20. The maximum atomic E-state index is 4.01. The highest BCUT2D eigenvalue weighted by Crippen LogP contribution is 2.27. The predicted octanol–water partition coefficient (Wildman–Crippen LogP) is 2.67. The molecule has 18 heavy (non-hydrogen) atoms. The Morgan fingerprint density at radius 3 is 2.78 bits per heavy atom. The molecule has 0 aliphatic heterocycles. The van der Waals surface area contributed by atoms with E-state index in [-0.39, 0.29) is 6.04 Å². The molecule has 1 aromatic heterocycles. The van der Waals surface area contributed by atoms with Gasteiger partial charge in [0.15, 0.2) is 0 Å². The van der Waals surface area contributed by atoms with Gasteiger partial charge in [-0.05, 0) is 24.6 Å². The van der Waals surface area contributed by atoms with Crippen molar-refractivity contribution in [2.24, 2.45) is 7.05 Å². The van der Waals surface area contributed by atoms with Gasteiger partial charge in [0.1, 0.15) is 0 Å². The Kier molecular flexibility index (Phi) is 4.49. The first-order valence-electron chi connectivity index (χ1n) is 6.06. The lowest BCUT2D eigenvalue weighted by atomic mass is 10.0. The molecule has 1 heterocycles. The second-order valence-corrected chi connectivity index (χ2v) is 5.05. The zero-order chi connectivity index (χ0) is 13.0. The summed E-state index contributed by atoms with van der Waals surface area (Å²) >= 11 is 3.61. The highest BCUT2D eigenvalue weighted by molar-refractivity contribution is 9.10. The Morgan fingerprint density at radius 1 is 1.39 bits per heavy atom. The minimum absolute atomic E-state index is 0.112. The minimum atomic E-state index is 0.112. The maximum Gasteiger partial charge on any atom is 0.0799 e. The standard InChI is InChI=1S/C13H17BrN4/c1-3-8-15-13(12-9-16-17-18(12)2)10-6-4-5-7-11(10)14/h4-7,9,13,15H,3,8H2,1-2H3. The van der Waals surface area contributed by atoms with Crippen LogP contribution in [0, 0.1) is 0 Å². The van der Waals surface area contributed by atoms with Crippen LogP contribution >= 0.6 is 15.9 Å². The van der Waals surface area contributed by atoms with Gasteiger partial charge >= 0.3 is 0 Å². The Balaban J connectivity index is 2.37. The SMILES string of the molecule is CCCNC(c1ccccc1Br)c1cnnn1C. The van der Waals surface area contributed by atoms with Crippen molar-refractivity contribution in [1.82, 2.24) is 20.3 Å². The van der Waals surface area contributed by atoms with Gasteiger partial charge < -0.3 is 5.32 Å². The lowest BCUT2D eigenvalue weighted by molar-refractivity contribution is 0.549. The van der Waals surface area contributed by atoms with E-state index in [1.54, 1.807) is 0 Å². The molecule has 0 spiro atoms. The van der Waals surface area contributed by atoms with Gasteiger partial charge in [0.25, 0.3) is 0 Å². The summed E-state index contributed by atoms with van der Waals surface area (Å²) in [6, 6.07) is 8.35. The molecule has 1 N–H and O–H groups in total. The van der Waals surface area contributed by atoms with E-state index in [2.05, 4.69) is 50.6 Å². The third-order valence-electron chi connectivity index (χ3n) is 2.86. The molecule has 0 fully saturated rings. The lowest BCUT2D eigenvalue weighted by Crippen LogP contribution is -2.25. The fraction of sp³-hybridized carbons (Fsp3) is 0.385. The van der Waals surface area contributed by atoms with Crippen molar-refractivity contribution in [2.45, 2.75) is 19.4 Å². The lowest BCUT2D eigenvalue weighted by Gasteiger charge is -2.19. The van der Waals surface area contributed by atoms with E-state index in [0.29, 0.717) is 0 Å². The van der Waals surface area contributed by atoms with E-state index in [1.165, 1.54) is 5.56 Å². The number of aryl methyl sites for hydroxylation is 1. The molecule has 5 heteroatoms. The molecule has 0 bridgehead atoms. The molecule has 1 unspecified atom stereocenters. The first-order valence-corrected chi connectivity index (χ1v) is 6.85. The largest absolute Gasteiger partial charge is 0.305 e. The smallest absolute Gasteiger partial charge is 0.0799 e. The van der Waals surface area contributed by atoms with Crippen molar-refractivity contribution >= 4 is 15.9 Å². The molecule has 0 aliphatic rings. The Morgan fingerprint density at radius 2 is 2.17 bits per heavy atom. The molecule has 1 aromatic carbocycles. The van der Waals surface area contributed by atoms with Crippen LogP contribution in [-0.4, -0.2) is 21.5 Å². The summed E-state index contributed by atoms with van der Waals surface area (Å²) in [5.41, 5.74) is 2.27. The van der Waals surface area contributed by atoms with Crippen LogP contribution in [0.4, 0.5) is 0 Å². The number of hydrogen-bond donors (Lipinski definition) is 1. The first-order chi connectivity index (χ1) is 8.74. The summed E-state index contributed by atoms with van der Waals surface area (Å²) in [4.78, 5) is 0. The van der Waals surface area contributed by atoms with Crippen molar-refractivity contribution < 1.29 is 0 Å². The first kappa shape index (κ1) is 13.2. The molecule has 96 valence electrons. The number of rotatable bonds is 5. The summed E-state index contributed by atoms with van der Waals surface area (Å²) in [5.74, 6) is 0. The summed E-state index contributed by atoms with van der Waals surface area (Å²) in [6.07, 6.45) is 2.90. The summed E-state index contributed by atoms with van der Waals surface area (Å²) in [5, 5.41) is 11.5. The monoisotopic (exact) mass is 308 g/mol. The normalized spacial score (nSPS) is 12.6. The fourth-order valence-corrected chi connectivity index (χ4v) is 2.44. The maximum absolute atomic E-state index is 4.01. The molecule has 0 amide bonds. The van der Waals surface area contributed by atoms with Crippen LogP contribution in [0.15, 0.2) is 34.9 Å². The van der Waals surface area contributed by atoms with Crippen LogP contribution in [0.1, 0.15) is 30.6 Å². The molecule has 1 atom stereocenters. The van der Waals surface area contributed by atoms with Crippen molar-refractivity contribution in [3.63, 3.8) is 0 Å². The Bertz CT molecular complexity index is 509. The van der Waals surface area contributed by atoms with Crippen LogP contribution in [-0.2, 0) is 7.05 Å². The van der Waals surface area contributed by atoms with Gasteiger partial charge in [-0.15, -0.1) is 5.10 Å². The average molecular weight is 309 g/mol. The van der Waals surface area contributed by atoms with E-state index in [0.717, 1.165) is 23.1 Å². The van der Waals surface area contributed by atoms with Crippen LogP contribution in [0.25, 0.3) is 0 Å². The molecule has 0 radical (unpaired) electrons. The summed E-state index contributed by atoms with van der Waals surface area (Å²) in [6.45, 7) is 3.11. The topological polar surface area (TPSA) is 42.7 Å². The van der Waals surface area contributed by atoms with Crippen molar-refractivity contribution in [3.8, 4) is 0 Å². The van der Waals surface area contributed by atoms with E-state index in [4.69, 9.17) is 0 Å². The summed E-state index contributed by atoms with van der Waals surface area (Å²) in [7, 11) is 1.92. The van der Waals surface area contributed by atoms with Gasteiger partial charge in [0, 0.05) is 11.5 Å². The number of nitrogens with one attached hydrogen (secondary N) is 1. The molecule has 0 aliphatic carbocycles. The van der Waals surface area contributed by atoms with Crippen molar-refractivity contribution in [1.29, 1.82) is 0 Å². The van der Waals surface area contributed by atoms with Crippen molar-refractivity contribution in [2.75, 3.05) is 6.54 Å². The number of benzene rings is 1. The average Bonchev–Trinajstić information content (AvgIpc) is 2.78. The van der Waals surface area contributed by atoms with E-state index in [9.17, 15) is 0 Å². The predicted molar refractivity (Wildman–Crippen MR) is 75.3 cm³/mol. The van der Waals surface area contributed by atoms with Gasteiger partial charge in [-0.3, -0.25) is 4.68 Å². The molecular formula is C13H17BrN4.